The molecule has 8 heteroatoms. The van der Waals surface area contributed by atoms with E-state index < -0.39 is 0 Å². The van der Waals surface area contributed by atoms with Crippen molar-refractivity contribution in [3.63, 3.8) is 0 Å². The summed E-state index contributed by atoms with van der Waals surface area (Å²) in [6, 6.07) is 3.72. The zero-order chi connectivity index (χ0) is 30.7. The van der Waals surface area contributed by atoms with Crippen LogP contribution in [0.3, 0.4) is 0 Å². The van der Waals surface area contributed by atoms with Gasteiger partial charge in [-0.1, -0.05) is 65.2 Å². The van der Waals surface area contributed by atoms with Crippen LogP contribution in [0.1, 0.15) is 120 Å². The van der Waals surface area contributed by atoms with Crippen molar-refractivity contribution in [3.8, 4) is 11.1 Å². The summed E-state index contributed by atoms with van der Waals surface area (Å²) in [6.07, 6.45) is 16.7. The minimum Gasteiger partial charge on any atom is -0.327 e. The lowest BCUT2D eigenvalue weighted by molar-refractivity contribution is -0.139. The number of carbonyl (C=O) groups excluding carboxylic acids is 3. The van der Waals surface area contributed by atoms with E-state index >= 15 is 0 Å². The summed E-state index contributed by atoms with van der Waals surface area (Å²) in [5.74, 6) is 0.640. The summed E-state index contributed by atoms with van der Waals surface area (Å²) in [6.45, 7) is 9.75. The molecule has 1 aliphatic carbocycles. The smallest absolute Gasteiger partial charge is 0.245 e. The van der Waals surface area contributed by atoms with E-state index in [0.29, 0.717) is 23.3 Å². The molecular weight excluding hydrogens is 538 g/mol. The van der Waals surface area contributed by atoms with Crippen LogP contribution in [0, 0.1) is 19.3 Å². The second kappa shape index (κ2) is 13.1. The molecule has 1 aromatic carbocycles. The van der Waals surface area contributed by atoms with Gasteiger partial charge in [-0.3, -0.25) is 19.1 Å². The molecule has 1 amide bonds. The highest BCUT2D eigenvalue weighted by molar-refractivity contribution is 6.07. The van der Waals surface area contributed by atoms with Crippen LogP contribution in [-0.4, -0.2) is 54.2 Å². The van der Waals surface area contributed by atoms with E-state index in [1.807, 2.05) is 30.9 Å². The van der Waals surface area contributed by atoms with Gasteiger partial charge in [0, 0.05) is 42.7 Å². The predicted octanol–water partition coefficient (Wildman–Crippen LogP) is 7.18. The van der Waals surface area contributed by atoms with E-state index in [1.54, 1.807) is 17.1 Å². The van der Waals surface area contributed by atoms with Crippen molar-refractivity contribution in [3.05, 3.63) is 41.6 Å². The van der Waals surface area contributed by atoms with E-state index in [-0.39, 0.29) is 41.5 Å². The average molecular weight is 586 g/mol. The maximum atomic E-state index is 13.9. The van der Waals surface area contributed by atoms with Crippen LogP contribution in [-0.2, 0) is 16.1 Å². The van der Waals surface area contributed by atoms with E-state index in [4.69, 9.17) is 0 Å². The van der Waals surface area contributed by atoms with Gasteiger partial charge in [0.05, 0.1) is 11.6 Å². The number of Topliss-reactive ketones (excluding diaryl/α,β-unsaturated/α-hetero) is 2. The molecule has 230 valence electrons. The fourth-order valence-corrected chi connectivity index (χ4v) is 7.01. The topological polar surface area (TPSA) is 98.1 Å². The Labute approximate surface area is 255 Å². The standard InChI is InChI=1S/C35H47N5O3/c1-6-7-8-9-10-11-12-13-14-15-30(42)29-18-35(5)19-31(35)40(29)32(43)22-39-34-23(2)16-26(27-20-36-25(4)37-21-27)17-28(34)33(38-39)24(3)41/h16-17,20-21,29,31H,6-15,18-19,22H2,1-5H3/t29-,31+,35-/m0/s1. The van der Waals surface area contributed by atoms with Gasteiger partial charge >= 0.3 is 0 Å². The minimum absolute atomic E-state index is 0.00595. The van der Waals surface area contributed by atoms with Crippen molar-refractivity contribution in [2.45, 2.75) is 130 Å². The van der Waals surface area contributed by atoms with Crippen LogP contribution >= 0.6 is 0 Å². The van der Waals surface area contributed by atoms with Crippen LogP contribution in [0.25, 0.3) is 22.0 Å². The quantitative estimate of drug-likeness (QED) is 0.138. The Bertz CT molecular complexity index is 1490. The molecule has 2 aromatic heterocycles. The number of hydrogen-bond donors (Lipinski definition) is 0. The SMILES string of the molecule is CCCCCCCCCCCC(=O)[C@@H]1C[C@@]2(C)C[C@H]2N1C(=O)Cn1nc(C(C)=O)c2cc(-c3cnc(C)nc3)cc(C)c21. The van der Waals surface area contributed by atoms with E-state index in [2.05, 4.69) is 28.9 Å². The summed E-state index contributed by atoms with van der Waals surface area (Å²) in [5.41, 5.74) is 3.81. The number of carbonyl (C=O) groups is 3. The van der Waals surface area contributed by atoms with Crippen LogP contribution in [0.4, 0.5) is 0 Å². The van der Waals surface area contributed by atoms with Crippen molar-refractivity contribution in [2.24, 2.45) is 5.41 Å². The predicted molar refractivity (Wildman–Crippen MR) is 169 cm³/mol. The number of hydrogen-bond acceptors (Lipinski definition) is 6. The van der Waals surface area contributed by atoms with Crippen LogP contribution in [0.15, 0.2) is 24.5 Å². The number of amides is 1. The molecule has 3 heterocycles. The Morgan fingerprint density at radius 1 is 0.907 bits per heavy atom. The number of nitrogens with zero attached hydrogens (tertiary/aromatic N) is 5. The lowest BCUT2D eigenvalue weighted by Gasteiger charge is -2.27. The Morgan fingerprint density at radius 3 is 2.21 bits per heavy atom. The van der Waals surface area contributed by atoms with Gasteiger partial charge in [-0.05, 0) is 61.8 Å². The first-order valence-electron chi connectivity index (χ1n) is 16.3. The molecule has 3 atom stereocenters. The molecule has 2 fully saturated rings. The maximum absolute atomic E-state index is 13.9. The number of ketones is 2. The molecule has 0 bridgehead atoms. The summed E-state index contributed by atoms with van der Waals surface area (Å²) < 4.78 is 1.67. The van der Waals surface area contributed by atoms with Gasteiger partial charge in [-0.25, -0.2) is 9.97 Å². The number of aryl methyl sites for hydroxylation is 2. The van der Waals surface area contributed by atoms with Gasteiger partial charge in [-0.2, -0.15) is 5.10 Å². The summed E-state index contributed by atoms with van der Waals surface area (Å²) in [5, 5.41) is 5.36. The molecule has 1 saturated carbocycles. The molecule has 2 aliphatic rings. The highest BCUT2D eigenvalue weighted by Gasteiger charge is 2.64. The molecule has 1 aliphatic heterocycles. The third-order valence-corrected chi connectivity index (χ3v) is 9.59. The Kier molecular flexibility index (Phi) is 9.42. The van der Waals surface area contributed by atoms with Crippen molar-refractivity contribution < 1.29 is 14.4 Å². The van der Waals surface area contributed by atoms with Gasteiger partial charge in [-0.15, -0.1) is 0 Å². The number of piperidine rings is 1. The van der Waals surface area contributed by atoms with Crippen molar-refractivity contribution >= 4 is 28.4 Å². The largest absolute Gasteiger partial charge is 0.327 e. The maximum Gasteiger partial charge on any atom is 0.245 e. The number of likely N-dealkylation sites (tertiary alicyclic amines) is 1. The molecule has 1 saturated heterocycles. The Hall–Kier alpha value is -3.42. The van der Waals surface area contributed by atoms with Gasteiger partial charge < -0.3 is 4.90 Å². The lowest BCUT2D eigenvalue weighted by atomic mass is 9.96. The van der Waals surface area contributed by atoms with Crippen LogP contribution in [0.5, 0.6) is 0 Å². The molecule has 5 rings (SSSR count). The lowest BCUT2D eigenvalue weighted by Crippen LogP contribution is -2.44. The summed E-state index contributed by atoms with van der Waals surface area (Å²) in [7, 11) is 0. The molecular formula is C35H47N5O3. The molecule has 0 N–H and O–H groups in total. The molecule has 0 spiro atoms. The van der Waals surface area contributed by atoms with E-state index in [0.717, 1.165) is 47.9 Å². The number of benzene rings is 1. The zero-order valence-corrected chi connectivity index (χ0v) is 26.6. The monoisotopic (exact) mass is 585 g/mol. The van der Waals surface area contributed by atoms with E-state index in [9.17, 15) is 14.4 Å². The first-order valence-corrected chi connectivity index (χ1v) is 16.3. The van der Waals surface area contributed by atoms with Crippen LogP contribution < -0.4 is 0 Å². The third-order valence-electron chi connectivity index (χ3n) is 9.59. The number of fused-ring (bicyclic) bond motifs is 2. The molecule has 0 unspecified atom stereocenters. The van der Waals surface area contributed by atoms with Crippen molar-refractivity contribution in [1.29, 1.82) is 0 Å². The highest BCUT2D eigenvalue weighted by atomic mass is 16.2. The van der Waals surface area contributed by atoms with E-state index in [1.165, 1.54) is 51.9 Å². The Balaban J connectivity index is 1.28. The van der Waals surface area contributed by atoms with Crippen LogP contribution in [0.2, 0.25) is 0 Å². The molecule has 8 nitrogen and oxygen atoms in total. The first kappa shape index (κ1) is 31.0. The normalized spacial score (nSPS) is 20.9. The second-order valence-corrected chi connectivity index (χ2v) is 13.2. The van der Waals surface area contributed by atoms with Gasteiger partial charge in [0.2, 0.25) is 5.91 Å². The van der Waals surface area contributed by atoms with Crippen molar-refractivity contribution in [1.82, 2.24) is 24.6 Å². The van der Waals surface area contributed by atoms with Gasteiger partial charge in [0.1, 0.15) is 18.1 Å². The molecule has 43 heavy (non-hydrogen) atoms. The second-order valence-electron chi connectivity index (χ2n) is 13.2. The number of aromatic nitrogens is 4. The minimum atomic E-state index is -0.353. The Morgan fingerprint density at radius 2 is 1.56 bits per heavy atom. The summed E-state index contributed by atoms with van der Waals surface area (Å²) in [4.78, 5) is 50.5. The molecule has 3 aromatic rings. The van der Waals surface area contributed by atoms with Gasteiger partial charge in [0.15, 0.2) is 11.6 Å². The third kappa shape index (κ3) is 6.73. The molecule has 0 radical (unpaired) electrons. The van der Waals surface area contributed by atoms with Gasteiger partial charge in [0.25, 0.3) is 0 Å². The number of rotatable bonds is 15. The fourth-order valence-electron chi connectivity index (χ4n) is 7.01. The summed E-state index contributed by atoms with van der Waals surface area (Å²) >= 11 is 0. The fraction of sp³-hybridized carbons (Fsp3) is 0.600. The van der Waals surface area contributed by atoms with Crippen molar-refractivity contribution in [2.75, 3.05) is 0 Å². The average Bonchev–Trinajstić information content (AvgIpc) is 3.32. The highest BCUT2D eigenvalue weighted by Crippen LogP contribution is 2.59. The number of unbranched alkanes of at least 4 members (excludes halogenated alkanes) is 8. The zero-order valence-electron chi connectivity index (χ0n) is 26.6. The first-order chi connectivity index (χ1) is 20.6.